The molecule has 0 saturated heterocycles. The molecule has 1 heteroatoms. The van der Waals surface area contributed by atoms with Crippen LogP contribution in [0.25, 0.3) is 17.2 Å². The van der Waals surface area contributed by atoms with Crippen molar-refractivity contribution < 1.29 is 0 Å². The third-order valence-corrected chi connectivity index (χ3v) is 3.66. The van der Waals surface area contributed by atoms with E-state index in [4.69, 9.17) is 0 Å². The van der Waals surface area contributed by atoms with Crippen LogP contribution in [0.1, 0.15) is 24.1 Å². The van der Waals surface area contributed by atoms with Gasteiger partial charge in [0.1, 0.15) is 0 Å². The average molecular weight is 273 g/mol. The lowest BCUT2D eigenvalue weighted by atomic mass is 9.93. The zero-order valence-corrected chi connectivity index (χ0v) is 12.2. The normalized spacial score (nSPS) is 17.1. The second-order valence-electron chi connectivity index (χ2n) is 5.10. The van der Waals surface area contributed by atoms with Gasteiger partial charge in [-0.15, -0.1) is 0 Å². The molecule has 21 heavy (non-hydrogen) atoms. The van der Waals surface area contributed by atoms with Crippen LogP contribution in [0.4, 0.5) is 0 Å². The van der Waals surface area contributed by atoms with Crippen LogP contribution < -0.4 is 5.32 Å². The van der Waals surface area contributed by atoms with E-state index in [0.717, 1.165) is 0 Å². The summed E-state index contributed by atoms with van der Waals surface area (Å²) < 4.78 is 0. The number of benzene rings is 2. The maximum absolute atomic E-state index is 3.41. The summed E-state index contributed by atoms with van der Waals surface area (Å²) in [7, 11) is 0. The van der Waals surface area contributed by atoms with Crippen LogP contribution in [0.2, 0.25) is 0 Å². The Bertz CT molecular complexity index is 693. The third kappa shape index (κ3) is 2.97. The molecule has 0 aromatic heterocycles. The van der Waals surface area contributed by atoms with Crippen LogP contribution in [-0.2, 0) is 0 Å². The molecule has 0 fully saturated rings. The van der Waals surface area contributed by atoms with Gasteiger partial charge in [-0.1, -0.05) is 66.8 Å². The molecule has 3 rings (SSSR count). The van der Waals surface area contributed by atoms with Gasteiger partial charge >= 0.3 is 0 Å². The molecule has 104 valence electrons. The fraction of sp³-hybridized carbons (Fsp3) is 0.100. The summed E-state index contributed by atoms with van der Waals surface area (Å²) in [5.41, 5.74) is 5.06. The Hall–Kier alpha value is -2.54. The molecule has 1 atom stereocenters. The summed E-state index contributed by atoms with van der Waals surface area (Å²) >= 11 is 0. The quantitative estimate of drug-likeness (QED) is 0.820. The third-order valence-electron chi connectivity index (χ3n) is 3.66. The van der Waals surface area contributed by atoms with Crippen LogP contribution >= 0.6 is 0 Å². The fourth-order valence-electron chi connectivity index (χ4n) is 2.62. The van der Waals surface area contributed by atoms with Crippen molar-refractivity contribution in [2.45, 2.75) is 13.0 Å². The molecule has 0 aliphatic carbocycles. The number of hydrogen-bond acceptors (Lipinski definition) is 1. The monoisotopic (exact) mass is 273 g/mol. The van der Waals surface area contributed by atoms with Gasteiger partial charge in [0, 0.05) is 0 Å². The predicted octanol–water partition coefficient (Wildman–Crippen LogP) is 5.10. The standard InChI is InChI=1S/C20H19N/c1-2-8-17-12-13-18(16-9-4-3-5-10-16)15-19(17)20-11-6-7-14-21-20/h2-15,20-21H,1H3/b8-2-. The molecule has 1 nitrogen and oxygen atoms in total. The van der Waals surface area contributed by atoms with Gasteiger partial charge in [0.05, 0.1) is 6.04 Å². The Morgan fingerprint density at radius 3 is 2.52 bits per heavy atom. The molecule has 1 heterocycles. The topological polar surface area (TPSA) is 12.0 Å². The van der Waals surface area contributed by atoms with Crippen molar-refractivity contribution in [3.8, 4) is 11.1 Å². The first-order valence-corrected chi connectivity index (χ1v) is 7.30. The first-order chi connectivity index (χ1) is 10.4. The average Bonchev–Trinajstić information content (AvgIpc) is 2.57. The maximum atomic E-state index is 3.41. The lowest BCUT2D eigenvalue weighted by Gasteiger charge is -2.20. The van der Waals surface area contributed by atoms with Crippen LogP contribution in [0, 0.1) is 0 Å². The highest BCUT2D eigenvalue weighted by Gasteiger charge is 2.12. The van der Waals surface area contributed by atoms with Gasteiger partial charge in [-0.25, -0.2) is 0 Å². The second-order valence-corrected chi connectivity index (χ2v) is 5.10. The Balaban J connectivity index is 2.06. The number of allylic oxidation sites excluding steroid dienone is 3. The van der Waals surface area contributed by atoms with Gasteiger partial charge in [0.15, 0.2) is 0 Å². The lowest BCUT2D eigenvalue weighted by Crippen LogP contribution is -2.16. The number of dihydropyridines is 1. The minimum absolute atomic E-state index is 0.227. The molecule has 0 spiro atoms. The first-order valence-electron chi connectivity index (χ1n) is 7.30. The number of rotatable bonds is 3. The van der Waals surface area contributed by atoms with Crippen molar-refractivity contribution in [2.75, 3.05) is 0 Å². The summed E-state index contributed by atoms with van der Waals surface area (Å²) in [6.07, 6.45) is 12.6. The SMILES string of the molecule is C/C=C\c1ccc(-c2ccccc2)cc1C1C=CC=CN1. The second kappa shape index (κ2) is 6.27. The van der Waals surface area contributed by atoms with Crippen molar-refractivity contribution in [1.82, 2.24) is 5.32 Å². The zero-order chi connectivity index (χ0) is 14.5. The predicted molar refractivity (Wildman–Crippen MR) is 90.7 cm³/mol. The molecule has 0 bridgehead atoms. The van der Waals surface area contributed by atoms with Gasteiger partial charge < -0.3 is 5.32 Å². The highest BCUT2D eigenvalue weighted by molar-refractivity contribution is 5.68. The van der Waals surface area contributed by atoms with Gasteiger partial charge in [-0.2, -0.15) is 0 Å². The van der Waals surface area contributed by atoms with Crippen LogP contribution in [0.3, 0.4) is 0 Å². The molecule has 1 aliphatic rings. The summed E-state index contributed by atoms with van der Waals surface area (Å²) in [6, 6.07) is 17.4. The summed E-state index contributed by atoms with van der Waals surface area (Å²) in [5.74, 6) is 0. The van der Waals surface area contributed by atoms with E-state index in [2.05, 4.69) is 85.1 Å². The van der Waals surface area contributed by atoms with E-state index in [9.17, 15) is 0 Å². The van der Waals surface area contributed by atoms with Gasteiger partial charge in [0.25, 0.3) is 0 Å². The van der Waals surface area contributed by atoms with Gasteiger partial charge in [-0.3, -0.25) is 0 Å². The Morgan fingerprint density at radius 2 is 1.81 bits per heavy atom. The van der Waals surface area contributed by atoms with Crippen molar-refractivity contribution in [1.29, 1.82) is 0 Å². The van der Waals surface area contributed by atoms with E-state index >= 15 is 0 Å². The molecular weight excluding hydrogens is 254 g/mol. The van der Waals surface area contributed by atoms with Crippen molar-refractivity contribution in [3.05, 3.63) is 90.2 Å². The molecule has 0 radical (unpaired) electrons. The Labute approximate surface area is 126 Å². The minimum Gasteiger partial charge on any atom is -0.381 e. The van der Waals surface area contributed by atoms with E-state index in [1.54, 1.807) is 0 Å². The Morgan fingerprint density at radius 1 is 0.952 bits per heavy atom. The van der Waals surface area contributed by atoms with Crippen molar-refractivity contribution >= 4 is 6.08 Å². The summed E-state index contributed by atoms with van der Waals surface area (Å²) in [5, 5.41) is 3.41. The molecule has 0 saturated carbocycles. The molecule has 2 aromatic carbocycles. The fourth-order valence-corrected chi connectivity index (χ4v) is 2.62. The van der Waals surface area contributed by atoms with E-state index in [1.165, 1.54) is 22.3 Å². The maximum Gasteiger partial charge on any atom is 0.0701 e. The van der Waals surface area contributed by atoms with Crippen molar-refractivity contribution in [3.63, 3.8) is 0 Å². The first kappa shape index (κ1) is 13.4. The molecular formula is C20H19N. The van der Waals surface area contributed by atoms with E-state index in [1.807, 2.05) is 12.3 Å². The van der Waals surface area contributed by atoms with E-state index < -0.39 is 0 Å². The van der Waals surface area contributed by atoms with E-state index in [-0.39, 0.29) is 6.04 Å². The lowest BCUT2D eigenvalue weighted by molar-refractivity contribution is 0.745. The Kier molecular flexibility index (Phi) is 4.02. The van der Waals surface area contributed by atoms with Crippen LogP contribution in [-0.4, -0.2) is 0 Å². The van der Waals surface area contributed by atoms with Crippen LogP contribution in [0.15, 0.2) is 79.0 Å². The molecule has 1 N–H and O–H groups in total. The van der Waals surface area contributed by atoms with Gasteiger partial charge in [-0.05, 0) is 47.5 Å². The number of nitrogens with one attached hydrogen (secondary N) is 1. The zero-order valence-electron chi connectivity index (χ0n) is 12.2. The molecule has 1 unspecified atom stereocenters. The van der Waals surface area contributed by atoms with Crippen LogP contribution in [0.5, 0.6) is 0 Å². The number of hydrogen-bond donors (Lipinski definition) is 1. The molecule has 0 amide bonds. The highest BCUT2D eigenvalue weighted by Crippen LogP contribution is 2.28. The van der Waals surface area contributed by atoms with Gasteiger partial charge in [0.2, 0.25) is 0 Å². The smallest absolute Gasteiger partial charge is 0.0701 e. The molecule has 2 aromatic rings. The van der Waals surface area contributed by atoms with E-state index in [0.29, 0.717) is 0 Å². The molecule has 1 aliphatic heterocycles. The summed E-state index contributed by atoms with van der Waals surface area (Å²) in [4.78, 5) is 0. The summed E-state index contributed by atoms with van der Waals surface area (Å²) in [6.45, 7) is 2.05. The minimum atomic E-state index is 0.227. The highest BCUT2D eigenvalue weighted by atomic mass is 14.9. The largest absolute Gasteiger partial charge is 0.381 e. The van der Waals surface area contributed by atoms with Crippen molar-refractivity contribution in [2.24, 2.45) is 0 Å².